The first-order valence-electron chi connectivity index (χ1n) is 5.95. The van der Waals surface area contributed by atoms with E-state index in [9.17, 15) is 14.7 Å². The van der Waals surface area contributed by atoms with Crippen LogP contribution in [0.4, 0.5) is 5.69 Å². The molecule has 20 heavy (non-hydrogen) atoms. The van der Waals surface area contributed by atoms with Crippen molar-refractivity contribution in [2.75, 3.05) is 5.32 Å². The molecule has 0 saturated carbocycles. The second kappa shape index (κ2) is 4.58. The van der Waals surface area contributed by atoms with E-state index in [-0.39, 0.29) is 17.0 Å². The molecular formula is C14H11N3O3. The molecule has 1 amide bonds. The number of hydrogen-bond donors (Lipinski definition) is 4. The summed E-state index contributed by atoms with van der Waals surface area (Å²) in [6.07, 6.45) is 0. The minimum atomic E-state index is -0.431. The van der Waals surface area contributed by atoms with Crippen molar-refractivity contribution in [3.05, 3.63) is 58.5 Å². The van der Waals surface area contributed by atoms with Crippen molar-refractivity contribution < 1.29 is 9.90 Å². The Hall–Kier alpha value is -3.02. The average molecular weight is 269 g/mol. The Balaban J connectivity index is 2.01. The van der Waals surface area contributed by atoms with Gasteiger partial charge in [-0.25, -0.2) is 0 Å². The lowest BCUT2D eigenvalue weighted by molar-refractivity contribution is 0.102. The molecule has 0 unspecified atom stereocenters. The number of benzene rings is 2. The fourth-order valence-corrected chi connectivity index (χ4v) is 2.05. The monoisotopic (exact) mass is 269 g/mol. The first kappa shape index (κ1) is 12.0. The molecule has 3 rings (SSSR count). The van der Waals surface area contributed by atoms with E-state index in [1.807, 2.05) is 0 Å². The van der Waals surface area contributed by atoms with Crippen molar-refractivity contribution in [1.82, 2.24) is 10.2 Å². The highest BCUT2D eigenvalue weighted by molar-refractivity contribution is 6.09. The van der Waals surface area contributed by atoms with Crippen molar-refractivity contribution in [3.8, 4) is 5.75 Å². The van der Waals surface area contributed by atoms with Crippen LogP contribution in [0, 0.1) is 0 Å². The van der Waals surface area contributed by atoms with Crippen molar-refractivity contribution in [3.63, 3.8) is 0 Å². The van der Waals surface area contributed by atoms with E-state index in [0.29, 0.717) is 11.1 Å². The van der Waals surface area contributed by atoms with Gasteiger partial charge in [0.1, 0.15) is 11.4 Å². The molecule has 0 radical (unpaired) electrons. The molecule has 0 saturated heterocycles. The van der Waals surface area contributed by atoms with Crippen molar-refractivity contribution >= 4 is 22.4 Å². The summed E-state index contributed by atoms with van der Waals surface area (Å²) >= 11 is 0. The summed E-state index contributed by atoms with van der Waals surface area (Å²) in [5.74, 6) is -0.284. The maximum atomic E-state index is 12.0. The fourth-order valence-electron chi connectivity index (χ4n) is 2.05. The molecule has 0 spiro atoms. The van der Waals surface area contributed by atoms with Crippen LogP contribution in [-0.4, -0.2) is 21.2 Å². The summed E-state index contributed by atoms with van der Waals surface area (Å²) in [6.45, 7) is 0. The number of phenolic OH excluding ortho intramolecular Hbond substituents is 1. The largest absolute Gasteiger partial charge is 0.507 e. The summed E-state index contributed by atoms with van der Waals surface area (Å²) in [7, 11) is 0. The van der Waals surface area contributed by atoms with Crippen LogP contribution in [0.1, 0.15) is 10.5 Å². The van der Waals surface area contributed by atoms with Crippen molar-refractivity contribution in [1.29, 1.82) is 0 Å². The number of hydrogen-bond acceptors (Lipinski definition) is 3. The fraction of sp³-hybridized carbons (Fsp3) is 0. The van der Waals surface area contributed by atoms with Gasteiger partial charge in [0.05, 0.1) is 0 Å². The molecule has 3 aromatic rings. The number of carbonyl (C=O) groups excluding carboxylic acids is 1. The molecule has 4 N–H and O–H groups in total. The van der Waals surface area contributed by atoms with Gasteiger partial charge in [0.15, 0.2) is 0 Å². The zero-order valence-corrected chi connectivity index (χ0v) is 10.3. The van der Waals surface area contributed by atoms with Gasteiger partial charge in [-0.15, -0.1) is 0 Å². The van der Waals surface area contributed by atoms with E-state index in [1.165, 1.54) is 6.07 Å². The number of anilines is 1. The van der Waals surface area contributed by atoms with Gasteiger partial charge in [0.25, 0.3) is 11.5 Å². The molecule has 6 nitrogen and oxygen atoms in total. The predicted octanol–water partition coefficient (Wildman–Crippen LogP) is 1.81. The molecule has 0 aliphatic carbocycles. The highest BCUT2D eigenvalue weighted by Gasteiger charge is 2.11. The summed E-state index contributed by atoms with van der Waals surface area (Å²) in [5, 5.41) is 18.6. The van der Waals surface area contributed by atoms with Crippen LogP contribution >= 0.6 is 0 Å². The summed E-state index contributed by atoms with van der Waals surface area (Å²) in [4.78, 5) is 23.0. The number of aromatic hydroxyl groups is 1. The van der Waals surface area contributed by atoms with E-state index in [0.717, 1.165) is 5.39 Å². The van der Waals surface area contributed by atoms with Gasteiger partial charge in [0, 0.05) is 22.5 Å². The lowest BCUT2D eigenvalue weighted by atomic mass is 10.1. The van der Waals surface area contributed by atoms with Gasteiger partial charge < -0.3 is 10.4 Å². The maximum absolute atomic E-state index is 12.0. The van der Waals surface area contributed by atoms with Gasteiger partial charge >= 0.3 is 0 Å². The third-order valence-corrected chi connectivity index (χ3v) is 2.99. The standard InChI is InChI=1S/C14H11N3O3/c18-12-6-2-3-8-9(12)4-1-5-10(8)15-14(20)11-7-13(19)17-16-11/h1-7,18H,(H,15,20)(H2,16,17,19). The van der Waals surface area contributed by atoms with Crippen LogP contribution in [0.2, 0.25) is 0 Å². The SMILES string of the molecule is O=C(Nc1cccc2c(O)cccc12)c1cc(=O)[nH][nH]1. The van der Waals surface area contributed by atoms with Crippen LogP contribution in [0.25, 0.3) is 10.8 Å². The quantitative estimate of drug-likeness (QED) is 0.571. The predicted molar refractivity (Wildman–Crippen MR) is 75.0 cm³/mol. The lowest BCUT2D eigenvalue weighted by Crippen LogP contribution is -2.12. The summed E-state index contributed by atoms with van der Waals surface area (Å²) in [6, 6.07) is 11.5. The highest BCUT2D eigenvalue weighted by atomic mass is 16.3. The van der Waals surface area contributed by atoms with Gasteiger partial charge in [-0.2, -0.15) is 0 Å². The second-order valence-electron chi connectivity index (χ2n) is 4.30. The molecule has 6 heteroatoms. The second-order valence-corrected chi connectivity index (χ2v) is 4.30. The molecule has 2 aromatic carbocycles. The number of rotatable bonds is 2. The number of amides is 1. The smallest absolute Gasteiger partial charge is 0.273 e. The number of H-pyrrole nitrogens is 2. The summed E-state index contributed by atoms with van der Waals surface area (Å²) in [5.41, 5.74) is 0.336. The van der Waals surface area contributed by atoms with E-state index < -0.39 is 5.91 Å². The number of phenols is 1. The average Bonchev–Trinajstić information content (AvgIpc) is 2.87. The number of fused-ring (bicyclic) bond motifs is 1. The van der Waals surface area contributed by atoms with Gasteiger partial charge in [0.2, 0.25) is 0 Å². The molecule has 1 aromatic heterocycles. The normalized spacial score (nSPS) is 10.6. The number of aromatic nitrogens is 2. The van der Waals surface area contributed by atoms with Crippen LogP contribution < -0.4 is 10.9 Å². The molecule has 100 valence electrons. The van der Waals surface area contributed by atoms with E-state index in [4.69, 9.17) is 0 Å². The number of nitrogens with one attached hydrogen (secondary N) is 3. The number of aromatic amines is 2. The molecule has 0 bridgehead atoms. The topological polar surface area (TPSA) is 98.0 Å². The van der Waals surface area contributed by atoms with Crippen LogP contribution in [-0.2, 0) is 0 Å². The molecule has 0 atom stereocenters. The Morgan fingerprint density at radius 1 is 1.05 bits per heavy atom. The van der Waals surface area contributed by atoms with E-state index >= 15 is 0 Å². The minimum Gasteiger partial charge on any atom is -0.507 e. The molecule has 0 aliphatic rings. The summed E-state index contributed by atoms with van der Waals surface area (Å²) < 4.78 is 0. The van der Waals surface area contributed by atoms with Gasteiger partial charge in [-0.3, -0.25) is 19.8 Å². The van der Waals surface area contributed by atoms with Crippen LogP contribution in [0.5, 0.6) is 5.75 Å². The van der Waals surface area contributed by atoms with Gasteiger partial charge in [-0.1, -0.05) is 24.3 Å². The Morgan fingerprint density at radius 2 is 1.80 bits per heavy atom. The first-order valence-corrected chi connectivity index (χ1v) is 5.95. The Kier molecular flexibility index (Phi) is 2.76. The van der Waals surface area contributed by atoms with E-state index in [1.54, 1.807) is 36.4 Å². The molecule has 0 fully saturated rings. The Labute approximate surface area is 113 Å². The highest BCUT2D eigenvalue weighted by Crippen LogP contribution is 2.29. The Bertz CT molecular complexity index is 848. The third-order valence-electron chi connectivity index (χ3n) is 2.99. The maximum Gasteiger partial charge on any atom is 0.273 e. The first-order chi connectivity index (χ1) is 9.65. The molecule has 0 aliphatic heterocycles. The lowest BCUT2D eigenvalue weighted by Gasteiger charge is -2.08. The van der Waals surface area contributed by atoms with Crippen molar-refractivity contribution in [2.24, 2.45) is 0 Å². The molecular weight excluding hydrogens is 258 g/mol. The minimum absolute atomic E-state index is 0.146. The zero-order valence-electron chi connectivity index (χ0n) is 10.3. The zero-order chi connectivity index (χ0) is 14.1. The van der Waals surface area contributed by atoms with E-state index in [2.05, 4.69) is 15.5 Å². The van der Waals surface area contributed by atoms with Gasteiger partial charge in [-0.05, 0) is 12.1 Å². The van der Waals surface area contributed by atoms with Crippen molar-refractivity contribution in [2.45, 2.75) is 0 Å². The number of carbonyl (C=O) groups is 1. The third kappa shape index (κ3) is 2.03. The van der Waals surface area contributed by atoms with Crippen LogP contribution in [0.15, 0.2) is 47.3 Å². The Morgan fingerprint density at radius 3 is 2.55 bits per heavy atom. The van der Waals surface area contributed by atoms with Crippen LogP contribution in [0.3, 0.4) is 0 Å². The molecule has 1 heterocycles.